The normalized spacial score (nSPS) is 11.5. The summed E-state index contributed by atoms with van der Waals surface area (Å²) < 4.78 is 32.5. The van der Waals surface area contributed by atoms with E-state index in [1.807, 2.05) is 25.1 Å². The van der Waals surface area contributed by atoms with E-state index < -0.39 is 6.93 Å². The van der Waals surface area contributed by atoms with Gasteiger partial charge in [0.05, 0.1) is 13.1 Å². The molecule has 160 valence electrons. The molecule has 1 N–H and O–H groups in total. The number of tetrazole rings is 1. The summed E-state index contributed by atoms with van der Waals surface area (Å²) in [5, 5.41) is 17.6. The summed E-state index contributed by atoms with van der Waals surface area (Å²) in [5.74, 6) is 0.378. The average molecular weight is 425 g/mol. The Morgan fingerprint density at radius 1 is 1.10 bits per heavy atom. The highest BCUT2D eigenvalue weighted by Crippen LogP contribution is 2.30. The Hall–Kier alpha value is -3.68. The highest BCUT2D eigenvalue weighted by atomic mass is 19.3. The largest absolute Gasteiger partial charge is 0.375 e. The van der Waals surface area contributed by atoms with Crippen molar-refractivity contribution in [2.45, 2.75) is 13.0 Å². The minimum absolute atomic E-state index is 0.109. The van der Waals surface area contributed by atoms with Gasteiger partial charge in [-0.3, -0.25) is 0 Å². The van der Waals surface area contributed by atoms with Gasteiger partial charge < -0.3 is 5.32 Å². The van der Waals surface area contributed by atoms with Crippen LogP contribution in [0.15, 0.2) is 67.2 Å². The highest BCUT2D eigenvalue weighted by molar-refractivity contribution is 5.98. The predicted molar refractivity (Wildman–Crippen MR) is 116 cm³/mol. The molecule has 0 fully saturated rings. The second kappa shape index (κ2) is 9.88. The van der Waals surface area contributed by atoms with Gasteiger partial charge in [-0.25, -0.2) is 13.2 Å². The van der Waals surface area contributed by atoms with Crippen LogP contribution in [0.4, 0.5) is 13.2 Å². The molecule has 5 nitrogen and oxygen atoms in total. The summed E-state index contributed by atoms with van der Waals surface area (Å²) in [7, 11) is 1.74. The molecule has 1 atom stereocenters. The van der Waals surface area contributed by atoms with Gasteiger partial charge in [0.1, 0.15) is 5.82 Å². The number of hydrogen-bond donors (Lipinski definition) is 1. The standard InChI is InChI=1S/C22H20FN5.CH2F2/c1-14(24-15(2)22-25-27-28(3)26-22)17-9-12-21-18(13-17)5-4-6-20(21)16-7-10-19(23)11-8-16;2-1-3/h4-13,15,24H,1H2,2-3H3;1H2/t15-;/m1./s1. The molecule has 8 heteroatoms. The summed E-state index contributed by atoms with van der Waals surface area (Å²) in [6.45, 7) is 4.38. The molecule has 0 spiro atoms. The van der Waals surface area contributed by atoms with Crippen molar-refractivity contribution in [2.75, 3.05) is 6.93 Å². The molecule has 1 heterocycles. The van der Waals surface area contributed by atoms with Crippen molar-refractivity contribution in [1.82, 2.24) is 25.5 Å². The number of nitrogens with one attached hydrogen (secondary N) is 1. The van der Waals surface area contributed by atoms with Crippen LogP contribution in [0.25, 0.3) is 27.6 Å². The number of halogens is 3. The monoisotopic (exact) mass is 425 g/mol. The van der Waals surface area contributed by atoms with E-state index in [0.29, 0.717) is 5.82 Å². The number of hydrogen-bond acceptors (Lipinski definition) is 4. The van der Waals surface area contributed by atoms with Gasteiger partial charge in [0.25, 0.3) is 0 Å². The molecule has 0 saturated carbocycles. The third-order valence-corrected chi connectivity index (χ3v) is 4.69. The van der Waals surface area contributed by atoms with E-state index in [4.69, 9.17) is 0 Å². The number of rotatable bonds is 5. The number of aromatic nitrogens is 4. The molecule has 31 heavy (non-hydrogen) atoms. The van der Waals surface area contributed by atoms with Crippen LogP contribution in [0, 0.1) is 5.82 Å². The summed E-state index contributed by atoms with van der Waals surface area (Å²) in [5.41, 5.74) is 3.83. The quantitative estimate of drug-likeness (QED) is 0.467. The zero-order chi connectivity index (χ0) is 22.4. The number of nitrogens with zero attached hydrogens (tertiary/aromatic N) is 4. The van der Waals surface area contributed by atoms with Crippen molar-refractivity contribution in [3.63, 3.8) is 0 Å². The fraction of sp³-hybridized carbons (Fsp3) is 0.174. The third kappa shape index (κ3) is 5.28. The van der Waals surface area contributed by atoms with Crippen LogP contribution < -0.4 is 5.32 Å². The molecule has 0 bridgehead atoms. The lowest BCUT2D eigenvalue weighted by Crippen LogP contribution is -2.18. The van der Waals surface area contributed by atoms with Crippen molar-refractivity contribution in [2.24, 2.45) is 7.05 Å². The summed E-state index contributed by atoms with van der Waals surface area (Å²) in [6, 6.07) is 18.8. The van der Waals surface area contributed by atoms with Crippen LogP contribution in [0.3, 0.4) is 0 Å². The van der Waals surface area contributed by atoms with E-state index in [9.17, 15) is 13.2 Å². The Morgan fingerprint density at radius 3 is 2.45 bits per heavy atom. The van der Waals surface area contributed by atoms with Crippen LogP contribution in [0.2, 0.25) is 0 Å². The second-order valence-corrected chi connectivity index (χ2v) is 6.83. The molecule has 4 aromatic rings. The number of aryl methyl sites for hydroxylation is 1. The summed E-state index contributed by atoms with van der Waals surface area (Å²) in [4.78, 5) is 1.43. The molecule has 4 rings (SSSR count). The maximum Gasteiger partial charge on any atom is 0.229 e. The first-order valence-electron chi connectivity index (χ1n) is 9.53. The first kappa shape index (κ1) is 22.0. The van der Waals surface area contributed by atoms with Gasteiger partial charge >= 0.3 is 0 Å². The Labute approximate surface area is 178 Å². The Balaban J connectivity index is 0.000000858. The lowest BCUT2D eigenvalue weighted by molar-refractivity contribution is 0.295. The van der Waals surface area contributed by atoms with Gasteiger partial charge in [0.15, 0.2) is 5.82 Å². The zero-order valence-electron chi connectivity index (χ0n) is 17.2. The molecular weight excluding hydrogens is 403 g/mol. The topological polar surface area (TPSA) is 55.6 Å². The van der Waals surface area contributed by atoms with Crippen molar-refractivity contribution in [1.29, 1.82) is 0 Å². The number of benzene rings is 3. The molecule has 1 aromatic heterocycles. The SMILES string of the molecule is C=C(N[C@H](C)c1nnn(C)n1)c1ccc2c(-c3ccc(F)cc3)cccc2c1.FCF. The first-order chi connectivity index (χ1) is 14.9. The van der Waals surface area contributed by atoms with Crippen LogP contribution >= 0.6 is 0 Å². The lowest BCUT2D eigenvalue weighted by Gasteiger charge is -2.15. The smallest absolute Gasteiger partial charge is 0.229 e. The second-order valence-electron chi connectivity index (χ2n) is 6.83. The van der Waals surface area contributed by atoms with E-state index in [0.717, 1.165) is 33.2 Å². The van der Waals surface area contributed by atoms with Gasteiger partial charge in [-0.05, 0) is 57.8 Å². The van der Waals surface area contributed by atoms with Gasteiger partial charge in [-0.15, -0.1) is 10.2 Å². The maximum atomic E-state index is 13.3. The summed E-state index contributed by atoms with van der Waals surface area (Å²) in [6.07, 6.45) is 0. The molecule has 0 radical (unpaired) electrons. The van der Waals surface area contributed by atoms with Crippen LogP contribution in [-0.2, 0) is 7.05 Å². The minimum atomic E-state index is -1.75. The Kier molecular flexibility index (Phi) is 7.02. The molecule has 0 aliphatic rings. The van der Waals surface area contributed by atoms with Crippen molar-refractivity contribution < 1.29 is 13.2 Å². The van der Waals surface area contributed by atoms with E-state index >= 15 is 0 Å². The minimum Gasteiger partial charge on any atom is -0.375 e. The van der Waals surface area contributed by atoms with Crippen LogP contribution in [0.1, 0.15) is 24.4 Å². The maximum absolute atomic E-state index is 13.3. The molecule has 0 aliphatic heterocycles. The van der Waals surface area contributed by atoms with E-state index in [2.05, 4.69) is 45.5 Å². The van der Waals surface area contributed by atoms with Crippen molar-refractivity contribution >= 4 is 16.5 Å². The molecule has 0 aliphatic carbocycles. The highest BCUT2D eigenvalue weighted by Gasteiger charge is 2.13. The van der Waals surface area contributed by atoms with Crippen molar-refractivity contribution in [3.05, 3.63) is 84.4 Å². The van der Waals surface area contributed by atoms with Gasteiger partial charge in [-0.2, -0.15) is 4.80 Å². The van der Waals surface area contributed by atoms with Gasteiger partial charge in [-0.1, -0.05) is 49.0 Å². The number of alkyl halides is 2. The zero-order valence-corrected chi connectivity index (χ0v) is 17.2. The van der Waals surface area contributed by atoms with Crippen molar-refractivity contribution in [3.8, 4) is 11.1 Å². The first-order valence-corrected chi connectivity index (χ1v) is 9.53. The van der Waals surface area contributed by atoms with Crippen LogP contribution in [0.5, 0.6) is 0 Å². The molecule has 0 saturated heterocycles. The molecule has 0 unspecified atom stereocenters. The number of fused-ring (bicyclic) bond motifs is 1. The fourth-order valence-electron chi connectivity index (χ4n) is 3.23. The van der Waals surface area contributed by atoms with E-state index in [-0.39, 0.29) is 11.9 Å². The van der Waals surface area contributed by atoms with E-state index in [1.54, 1.807) is 19.2 Å². The fourth-order valence-corrected chi connectivity index (χ4v) is 3.23. The Bertz CT molecular complexity index is 1170. The average Bonchev–Trinajstić information content (AvgIpc) is 3.20. The summed E-state index contributed by atoms with van der Waals surface area (Å²) >= 11 is 0. The van der Waals surface area contributed by atoms with Crippen LogP contribution in [-0.4, -0.2) is 27.1 Å². The third-order valence-electron chi connectivity index (χ3n) is 4.69. The molecule has 3 aromatic carbocycles. The predicted octanol–water partition coefficient (Wildman–Crippen LogP) is 5.37. The lowest BCUT2D eigenvalue weighted by atomic mass is 9.96. The molecule has 0 amide bonds. The molecular formula is C23H22F3N5. The van der Waals surface area contributed by atoms with E-state index in [1.165, 1.54) is 16.9 Å². The van der Waals surface area contributed by atoms with Gasteiger partial charge in [0, 0.05) is 5.70 Å². The Morgan fingerprint density at radius 2 is 1.81 bits per heavy atom. The van der Waals surface area contributed by atoms with Gasteiger partial charge in [0.2, 0.25) is 6.93 Å².